The molecular formula is C11H12N4O2. The maximum absolute atomic E-state index is 5.48. The molecule has 6 nitrogen and oxygen atoms in total. The molecule has 2 aromatic rings. The van der Waals surface area contributed by atoms with Gasteiger partial charge >= 0.3 is 0 Å². The Morgan fingerprint density at radius 2 is 2.18 bits per heavy atom. The van der Waals surface area contributed by atoms with Gasteiger partial charge in [-0.05, 0) is 17.7 Å². The Kier molecular flexibility index (Phi) is 2.41. The van der Waals surface area contributed by atoms with E-state index in [1.165, 1.54) is 0 Å². The summed E-state index contributed by atoms with van der Waals surface area (Å²) in [5, 5.41) is 7.93. The molecule has 0 unspecified atom stereocenters. The normalized spacial score (nSPS) is 13.0. The van der Waals surface area contributed by atoms with Crippen molar-refractivity contribution in [3.05, 3.63) is 35.7 Å². The highest BCUT2D eigenvalue weighted by Gasteiger charge is 2.13. The van der Waals surface area contributed by atoms with Crippen molar-refractivity contribution in [2.24, 2.45) is 5.73 Å². The summed E-state index contributed by atoms with van der Waals surface area (Å²) in [6.45, 7) is 1.34. The van der Waals surface area contributed by atoms with Crippen LogP contribution in [0.5, 0.6) is 11.5 Å². The second-order valence-electron chi connectivity index (χ2n) is 3.80. The average Bonchev–Trinajstić information content (AvgIpc) is 2.96. The molecule has 1 aromatic heterocycles. The van der Waals surface area contributed by atoms with Crippen LogP contribution in [-0.4, -0.2) is 21.8 Å². The molecular weight excluding hydrogens is 220 g/mol. The van der Waals surface area contributed by atoms with Gasteiger partial charge in [-0.1, -0.05) is 11.3 Å². The second-order valence-corrected chi connectivity index (χ2v) is 3.80. The van der Waals surface area contributed by atoms with Gasteiger partial charge in [0.2, 0.25) is 6.79 Å². The quantitative estimate of drug-likeness (QED) is 0.834. The molecule has 3 rings (SSSR count). The lowest BCUT2D eigenvalue weighted by Gasteiger charge is -2.02. The van der Waals surface area contributed by atoms with Crippen molar-refractivity contribution in [2.45, 2.75) is 13.1 Å². The summed E-state index contributed by atoms with van der Waals surface area (Å²) in [5.41, 5.74) is 7.35. The maximum atomic E-state index is 5.48. The van der Waals surface area contributed by atoms with Gasteiger partial charge in [-0.2, -0.15) is 0 Å². The zero-order valence-electron chi connectivity index (χ0n) is 9.17. The number of fused-ring (bicyclic) bond motifs is 1. The Morgan fingerprint density at radius 1 is 1.29 bits per heavy atom. The summed E-state index contributed by atoms with van der Waals surface area (Å²) in [6, 6.07) is 5.84. The topological polar surface area (TPSA) is 75.2 Å². The summed E-state index contributed by atoms with van der Waals surface area (Å²) in [5.74, 6) is 1.57. The molecule has 0 radical (unpaired) electrons. The monoisotopic (exact) mass is 232 g/mol. The van der Waals surface area contributed by atoms with E-state index in [0.717, 1.165) is 22.8 Å². The molecule has 0 amide bonds. The molecule has 0 bridgehead atoms. The van der Waals surface area contributed by atoms with Crippen molar-refractivity contribution in [3.8, 4) is 11.5 Å². The van der Waals surface area contributed by atoms with E-state index < -0.39 is 0 Å². The van der Waals surface area contributed by atoms with E-state index in [-0.39, 0.29) is 0 Å². The van der Waals surface area contributed by atoms with Gasteiger partial charge in [0.1, 0.15) is 0 Å². The van der Waals surface area contributed by atoms with E-state index in [4.69, 9.17) is 15.2 Å². The molecule has 0 spiro atoms. The molecule has 1 aliphatic heterocycles. The van der Waals surface area contributed by atoms with Gasteiger partial charge in [0.25, 0.3) is 0 Å². The zero-order chi connectivity index (χ0) is 11.7. The Labute approximate surface area is 97.9 Å². The third kappa shape index (κ3) is 1.94. The van der Waals surface area contributed by atoms with Gasteiger partial charge in [-0.25, -0.2) is 4.68 Å². The van der Waals surface area contributed by atoms with Crippen LogP contribution >= 0.6 is 0 Å². The number of hydrogen-bond donors (Lipinski definition) is 1. The van der Waals surface area contributed by atoms with Gasteiger partial charge in [0.05, 0.1) is 18.4 Å². The standard InChI is InChI=1S/C11H12N4O2/c12-4-9-6-15(14-13-9)5-8-1-2-10-11(3-8)17-7-16-10/h1-3,6H,4-5,7,12H2. The fraction of sp³-hybridized carbons (Fsp3) is 0.273. The first kappa shape index (κ1) is 10.1. The third-order valence-electron chi connectivity index (χ3n) is 2.58. The summed E-state index contributed by atoms with van der Waals surface area (Å²) in [4.78, 5) is 0. The average molecular weight is 232 g/mol. The number of rotatable bonds is 3. The summed E-state index contributed by atoms with van der Waals surface area (Å²) in [6.07, 6.45) is 1.84. The van der Waals surface area contributed by atoms with Gasteiger partial charge in [-0.3, -0.25) is 0 Å². The number of nitrogens with two attached hydrogens (primary N) is 1. The lowest BCUT2D eigenvalue weighted by Crippen LogP contribution is -2.00. The lowest BCUT2D eigenvalue weighted by molar-refractivity contribution is 0.174. The van der Waals surface area contributed by atoms with Crippen LogP contribution in [0.2, 0.25) is 0 Å². The summed E-state index contributed by atoms with van der Waals surface area (Å²) >= 11 is 0. The van der Waals surface area contributed by atoms with Crippen LogP contribution in [0.4, 0.5) is 0 Å². The van der Waals surface area contributed by atoms with Gasteiger partial charge < -0.3 is 15.2 Å². The van der Waals surface area contributed by atoms with Gasteiger partial charge in [0, 0.05) is 6.54 Å². The molecule has 1 aliphatic rings. The Hall–Kier alpha value is -2.08. The fourth-order valence-electron chi connectivity index (χ4n) is 1.74. The van der Waals surface area contributed by atoms with Gasteiger partial charge in [-0.15, -0.1) is 5.10 Å². The number of ether oxygens (including phenoxy) is 2. The molecule has 6 heteroatoms. The predicted octanol–water partition coefficient (Wildman–Crippen LogP) is 0.514. The Morgan fingerprint density at radius 3 is 3.00 bits per heavy atom. The first-order chi connectivity index (χ1) is 8.35. The maximum Gasteiger partial charge on any atom is 0.231 e. The third-order valence-corrected chi connectivity index (χ3v) is 2.58. The minimum atomic E-state index is 0.291. The molecule has 0 aliphatic carbocycles. The van der Waals surface area contributed by atoms with E-state index in [0.29, 0.717) is 19.9 Å². The molecule has 0 saturated carbocycles. The van der Waals surface area contributed by atoms with Crippen LogP contribution in [0.1, 0.15) is 11.3 Å². The first-order valence-corrected chi connectivity index (χ1v) is 5.33. The molecule has 0 fully saturated rings. The lowest BCUT2D eigenvalue weighted by atomic mass is 10.2. The van der Waals surface area contributed by atoms with Crippen LogP contribution in [0, 0.1) is 0 Å². The molecule has 88 valence electrons. The van der Waals surface area contributed by atoms with Crippen molar-refractivity contribution < 1.29 is 9.47 Å². The van der Waals surface area contributed by atoms with Crippen LogP contribution in [-0.2, 0) is 13.1 Å². The van der Waals surface area contributed by atoms with Crippen molar-refractivity contribution in [3.63, 3.8) is 0 Å². The number of hydrogen-bond acceptors (Lipinski definition) is 5. The molecule has 1 aromatic carbocycles. The Bertz CT molecular complexity index is 538. The second kappa shape index (κ2) is 4.06. The highest BCUT2D eigenvalue weighted by Crippen LogP contribution is 2.32. The SMILES string of the molecule is NCc1cn(Cc2ccc3c(c2)OCO3)nn1. The molecule has 0 saturated heterocycles. The summed E-state index contributed by atoms with van der Waals surface area (Å²) in [7, 11) is 0. The minimum Gasteiger partial charge on any atom is -0.454 e. The van der Waals surface area contributed by atoms with Crippen LogP contribution in [0.3, 0.4) is 0 Å². The number of aromatic nitrogens is 3. The predicted molar refractivity (Wildman–Crippen MR) is 59.6 cm³/mol. The van der Waals surface area contributed by atoms with Crippen LogP contribution < -0.4 is 15.2 Å². The largest absolute Gasteiger partial charge is 0.454 e. The van der Waals surface area contributed by atoms with E-state index >= 15 is 0 Å². The molecule has 2 heterocycles. The number of nitrogens with zero attached hydrogens (tertiary/aromatic N) is 3. The molecule has 2 N–H and O–H groups in total. The zero-order valence-corrected chi connectivity index (χ0v) is 9.17. The van der Waals surface area contributed by atoms with Crippen molar-refractivity contribution in [1.82, 2.24) is 15.0 Å². The minimum absolute atomic E-state index is 0.291. The van der Waals surface area contributed by atoms with Crippen LogP contribution in [0.25, 0.3) is 0 Å². The Balaban J connectivity index is 1.80. The number of benzene rings is 1. The molecule has 17 heavy (non-hydrogen) atoms. The van der Waals surface area contributed by atoms with E-state index in [2.05, 4.69) is 10.3 Å². The molecule has 0 atom stereocenters. The van der Waals surface area contributed by atoms with Gasteiger partial charge in [0.15, 0.2) is 11.5 Å². The van der Waals surface area contributed by atoms with Crippen molar-refractivity contribution in [2.75, 3.05) is 6.79 Å². The van der Waals surface area contributed by atoms with E-state index in [1.54, 1.807) is 4.68 Å². The highest BCUT2D eigenvalue weighted by molar-refractivity contribution is 5.44. The van der Waals surface area contributed by atoms with Crippen LogP contribution in [0.15, 0.2) is 24.4 Å². The van der Waals surface area contributed by atoms with E-state index in [1.807, 2.05) is 24.4 Å². The first-order valence-electron chi connectivity index (χ1n) is 5.33. The van der Waals surface area contributed by atoms with Crippen molar-refractivity contribution in [1.29, 1.82) is 0 Å². The summed E-state index contributed by atoms with van der Waals surface area (Å²) < 4.78 is 12.3. The highest BCUT2D eigenvalue weighted by atomic mass is 16.7. The fourth-order valence-corrected chi connectivity index (χ4v) is 1.74. The van der Waals surface area contributed by atoms with E-state index in [9.17, 15) is 0 Å². The smallest absolute Gasteiger partial charge is 0.231 e. The van der Waals surface area contributed by atoms with Crippen molar-refractivity contribution >= 4 is 0 Å².